The van der Waals surface area contributed by atoms with E-state index in [1.54, 1.807) is 38.1 Å². The number of hydrogen-bond acceptors (Lipinski definition) is 7. The number of benzene rings is 1. The van der Waals surface area contributed by atoms with Crippen LogP contribution >= 0.6 is 12.6 Å². The minimum atomic E-state index is -1.29. The zero-order valence-electron chi connectivity index (χ0n) is 23.2. The molecule has 0 bridgehead atoms. The van der Waals surface area contributed by atoms with Crippen molar-refractivity contribution in [2.75, 3.05) is 18.0 Å². The third kappa shape index (κ3) is 12.7. The van der Waals surface area contributed by atoms with Gasteiger partial charge in [0, 0.05) is 30.4 Å². The van der Waals surface area contributed by atoms with Gasteiger partial charge in [-0.15, -0.1) is 0 Å². The molecule has 5 amide bonds. The van der Waals surface area contributed by atoms with Crippen molar-refractivity contribution in [1.82, 2.24) is 16.0 Å². The van der Waals surface area contributed by atoms with Crippen LogP contribution in [0.4, 0.5) is 15.3 Å². The van der Waals surface area contributed by atoms with Gasteiger partial charge in [-0.2, -0.15) is 12.6 Å². The molecule has 39 heavy (non-hydrogen) atoms. The van der Waals surface area contributed by atoms with E-state index in [0.29, 0.717) is 18.5 Å². The summed E-state index contributed by atoms with van der Waals surface area (Å²) >= 11 is 4.41. The van der Waals surface area contributed by atoms with Crippen LogP contribution in [0.2, 0.25) is 0 Å². The van der Waals surface area contributed by atoms with Crippen molar-refractivity contribution in [3.63, 3.8) is 0 Å². The van der Waals surface area contributed by atoms with E-state index in [0.717, 1.165) is 4.90 Å². The van der Waals surface area contributed by atoms with E-state index in [1.807, 2.05) is 13.8 Å². The van der Waals surface area contributed by atoms with Crippen LogP contribution in [0.15, 0.2) is 24.3 Å². The van der Waals surface area contributed by atoms with Gasteiger partial charge < -0.3 is 31.5 Å². The summed E-state index contributed by atoms with van der Waals surface area (Å²) in [7, 11) is 0. The maximum absolute atomic E-state index is 13.7. The van der Waals surface area contributed by atoms with Gasteiger partial charge in [0.25, 0.3) is 5.91 Å². The first-order chi connectivity index (χ1) is 18.1. The number of carbonyl (C=O) groups excluding carboxylic acids is 4. The number of carbonyl (C=O) groups is 5. The van der Waals surface area contributed by atoms with Crippen LogP contribution in [0.1, 0.15) is 59.4 Å². The number of ether oxygens (including phenoxy) is 1. The van der Waals surface area contributed by atoms with Crippen molar-refractivity contribution in [1.29, 1.82) is 0 Å². The zero-order chi connectivity index (χ0) is 29.8. The number of thiol groups is 1. The summed E-state index contributed by atoms with van der Waals surface area (Å²) in [6.45, 7) is 9.13. The molecule has 0 unspecified atom stereocenters. The van der Waals surface area contributed by atoms with E-state index in [-0.39, 0.29) is 42.3 Å². The molecule has 0 aromatic heterocycles. The maximum Gasteiger partial charge on any atom is 0.407 e. The van der Waals surface area contributed by atoms with Gasteiger partial charge in [0.15, 0.2) is 0 Å². The number of rotatable bonds is 15. The number of nitrogens with one attached hydrogen (secondary N) is 3. The highest BCUT2D eigenvalue weighted by Crippen LogP contribution is 2.24. The van der Waals surface area contributed by atoms with Gasteiger partial charge >= 0.3 is 18.1 Å². The zero-order valence-corrected chi connectivity index (χ0v) is 24.0. The molecule has 0 radical (unpaired) electrons. The molecule has 0 fully saturated rings. The Hall–Kier alpha value is -3.48. The molecule has 0 aliphatic heterocycles. The Balaban J connectivity index is 3.14. The van der Waals surface area contributed by atoms with E-state index in [9.17, 15) is 29.1 Å². The topological polar surface area (TPSA) is 180 Å². The Morgan fingerprint density at radius 1 is 1.08 bits per heavy atom. The van der Waals surface area contributed by atoms with E-state index < -0.39 is 42.0 Å². The number of hydrogen-bond donors (Lipinski definition) is 6. The molecule has 0 heterocycles. The SMILES string of the molecule is CC(=O)N[C@H](C(=O)N(c1ccc(COC(=O)NCCC(C)(C)S)cc1)[C@@H](CCCNC(N)=O)C(=O)O)C(C)C. The molecule has 0 aliphatic rings. The van der Waals surface area contributed by atoms with Crippen LogP contribution in [0, 0.1) is 5.92 Å². The van der Waals surface area contributed by atoms with Crippen LogP contribution in [-0.4, -0.2) is 64.9 Å². The third-order valence-corrected chi connectivity index (χ3v) is 5.89. The Morgan fingerprint density at radius 3 is 2.18 bits per heavy atom. The Morgan fingerprint density at radius 2 is 1.69 bits per heavy atom. The summed E-state index contributed by atoms with van der Waals surface area (Å²) < 4.78 is 5.00. The van der Waals surface area contributed by atoms with Crippen molar-refractivity contribution in [3.8, 4) is 0 Å². The average Bonchev–Trinajstić information content (AvgIpc) is 2.82. The number of aliphatic carboxylic acids is 1. The smallest absolute Gasteiger partial charge is 0.407 e. The van der Waals surface area contributed by atoms with Gasteiger partial charge in [0.2, 0.25) is 5.91 Å². The van der Waals surface area contributed by atoms with Gasteiger partial charge in [0.05, 0.1) is 0 Å². The van der Waals surface area contributed by atoms with Gasteiger partial charge in [-0.3, -0.25) is 14.5 Å². The lowest BCUT2D eigenvalue weighted by atomic mass is 9.99. The first-order valence-electron chi connectivity index (χ1n) is 12.7. The summed E-state index contributed by atoms with van der Waals surface area (Å²) in [6, 6.07) is 3.36. The lowest BCUT2D eigenvalue weighted by Gasteiger charge is -2.34. The Labute approximate surface area is 234 Å². The molecule has 13 heteroatoms. The third-order valence-electron chi connectivity index (χ3n) is 5.67. The van der Waals surface area contributed by atoms with Gasteiger partial charge in [-0.05, 0) is 42.9 Å². The van der Waals surface area contributed by atoms with E-state index in [4.69, 9.17) is 10.5 Å². The summed E-state index contributed by atoms with van der Waals surface area (Å²) in [4.78, 5) is 61.8. The second-order valence-electron chi connectivity index (χ2n) is 10.1. The largest absolute Gasteiger partial charge is 0.480 e. The number of amides is 5. The molecule has 218 valence electrons. The minimum Gasteiger partial charge on any atom is -0.480 e. The van der Waals surface area contributed by atoms with Crippen molar-refractivity contribution in [2.45, 2.75) is 77.3 Å². The van der Waals surface area contributed by atoms with Gasteiger partial charge in [0.1, 0.15) is 18.7 Å². The lowest BCUT2D eigenvalue weighted by Crippen LogP contribution is -2.56. The van der Waals surface area contributed by atoms with Gasteiger partial charge in [-0.1, -0.05) is 39.8 Å². The highest BCUT2D eigenvalue weighted by atomic mass is 32.1. The molecule has 1 rings (SSSR count). The summed E-state index contributed by atoms with van der Waals surface area (Å²) in [6.07, 6.45) is 0.323. The molecule has 6 N–H and O–H groups in total. The number of primary amides is 1. The second kappa shape index (κ2) is 15.8. The fourth-order valence-electron chi connectivity index (χ4n) is 3.64. The van der Waals surface area contributed by atoms with Crippen LogP contribution < -0.4 is 26.6 Å². The number of anilines is 1. The van der Waals surface area contributed by atoms with Crippen molar-refractivity contribution in [2.24, 2.45) is 11.7 Å². The number of alkyl carbamates (subject to hydrolysis) is 1. The number of carboxylic acids is 1. The molecule has 2 atom stereocenters. The first-order valence-corrected chi connectivity index (χ1v) is 13.1. The molecule has 0 saturated carbocycles. The highest BCUT2D eigenvalue weighted by molar-refractivity contribution is 7.81. The molecule has 0 spiro atoms. The highest BCUT2D eigenvalue weighted by Gasteiger charge is 2.36. The van der Waals surface area contributed by atoms with Gasteiger partial charge in [-0.25, -0.2) is 14.4 Å². The van der Waals surface area contributed by atoms with Crippen LogP contribution in [0.25, 0.3) is 0 Å². The van der Waals surface area contributed by atoms with Crippen molar-refractivity contribution < 1.29 is 33.8 Å². The monoisotopic (exact) mass is 567 g/mol. The minimum absolute atomic E-state index is 0.0142. The molecule has 0 saturated heterocycles. The predicted molar refractivity (Wildman–Crippen MR) is 150 cm³/mol. The van der Waals surface area contributed by atoms with E-state index >= 15 is 0 Å². The number of carboxylic acid groups (broad SMARTS) is 1. The average molecular weight is 568 g/mol. The molecule has 12 nitrogen and oxygen atoms in total. The quantitative estimate of drug-likeness (QED) is 0.139. The molecule has 1 aromatic rings. The van der Waals surface area contributed by atoms with E-state index in [1.165, 1.54) is 6.92 Å². The van der Waals surface area contributed by atoms with Crippen LogP contribution in [-0.2, 0) is 25.7 Å². The first kappa shape index (κ1) is 33.5. The van der Waals surface area contributed by atoms with Crippen molar-refractivity contribution in [3.05, 3.63) is 29.8 Å². The molecule has 0 aliphatic carbocycles. The second-order valence-corrected chi connectivity index (χ2v) is 11.4. The lowest BCUT2D eigenvalue weighted by molar-refractivity contribution is -0.140. The normalized spacial score (nSPS) is 12.7. The summed E-state index contributed by atoms with van der Waals surface area (Å²) in [5, 5.41) is 17.7. The molecule has 1 aromatic carbocycles. The number of urea groups is 1. The summed E-state index contributed by atoms with van der Waals surface area (Å²) in [5.74, 6) is -2.59. The standard InChI is InChI=1S/C26H41N5O7S/c1-16(2)21(30-17(3)32)22(33)31(20(23(34)35)7-6-13-28-24(27)36)19-10-8-18(9-11-19)15-38-25(37)29-14-12-26(4,5)39/h8-11,16,20-21,39H,6-7,12-15H2,1-5H3,(H,29,37)(H,30,32)(H,34,35)(H3,27,28,36)/t20-,21-/m0/s1. The van der Waals surface area contributed by atoms with E-state index in [2.05, 4.69) is 28.6 Å². The van der Waals surface area contributed by atoms with Crippen LogP contribution in [0.5, 0.6) is 0 Å². The molecular formula is C26H41N5O7S. The Kier molecular flexibility index (Phi) is 13.6. The predicted octanol–water partition coefficient (Wildman–Crippen LogP) is 2.41. The maximum atomic E-state index is 13.7. The fourth-order valence-corrected chi connectivity index (χ4v) is 3.75. The fraction of sp³-hybridized carbons (Fsp3) is 0.577. The van der Waals surface area contributed by atoms with Crippen LogP contribution in [0.3, 0.4) is 0 Å². The number of nitrogens with zero attached hydrogens (tertiary/aromatic N) is 1. The van der Waals surface area contributed by atoms with Crippen molar-refractivity contribution >= 4 is 48.2 Å². The molecular weight excluding hydrogens is 526 g/mol. The number of nitrogens with two attached hydrogens (primary N) is 1. The Bertz CT molecular complexity index is 995. The summed E-state index contributed by atoms with van der Waals surface area (Å²) in [5.41, 5.74) is 5.99.